The minimum Gasteiger partial charge on any atom is -0.381 e. The molecule has 0 amide bonds. The first-order chi connectivity index (χ1) is 10.8. The van der Waals surface area contributed by atoms with Crippen molar-refractivity contribution >= 4 is 29.9 Å². The van der Waals surface area contributed by atoms with Crippen LogP contribution in [0.25, 0.3) is 0 Å². The first kappa shape index (κ1) is 19.0. The summed E-state index contributed by atoms with van der Waals surface area (Å²) in [6, 6.07) is 0.503. The van der Waals surface area contributed by atoms with Crippen LogP contribution in [-0.4, -0.2) is 62.3 Å². The number of rotatable bonds is 4. The molecule has 2 heterocycles. The maximum atomic E-state index is 5.62. The third-order valence-electron chi connectivity index (χ3n) is 5.36. The second-order valence-electron chi connectivity index (χ2n) is 6.74. The molecule has 2 N–H and O–H groups in total. The zero-order valence-corrected chi connectivity index (χ0v) is 16.6. The third kappa shape index (κ3) is 4.82. The average molecular weight is 434 g/mol. The Morgan fingerprint density at radius 1 is 1.22 bits per heavy atom. The Balaban J connectivity index is 0.00000192. The zero-order valence-electron chi connectivity index (χ0n) is 14.2. The van der Waals surface area contributed by atoms with Gasteiger partial charge in [-0.1, -0.05) is 12.2 Å². The molecule has 132 valence electrons. The molecule has 0 bridgehead atoms. The molecular formula is C17H31IN4O. The number of ether oxygens (including phenoxy) is 1. The molecule has 2 aliphatic heterocycles. The Hall–Kier alpha value is -0.340. The molecule has 6 heteroatoms. The number of nitrogens with zero attached hydrogens (tertiary/aromatic N) is 2. The highest BCUT2D eigenvalue weighted by Gasteiger charge is 2.39. The Kier molecular flexibility index (Phi) is 7.62. The number of halogens is 1. The number of aliphatic imine (C=N–C) groups is 1. The summed E-state index contributed by atoms with van der Waals surface area (Å²) in [5, 5.41) is 7.14. The smallest absolute Gasteiger partial charge is 0.191 e. The Morgan fingerprint density at radius 3 is 2.48 bits per heavy atom. The predicted octanol–water partition coefficient (Wildman–Crippen LogP) is 2.13. The van der Waals surface area contributed by atoms with Crippen molar-refractivity contribution in [3.8, 4) is 0 Å². The zero-order chi connectivity index (χ0) is 15.3. The van der Waals surface area contributed by atoms with E-state index in [1.165, 1.54) is 25.9 Å². The number of nitrogens with one attached hydrogen (secondary N) is 2. The minimum atomic E-state index is 0. The van der Waals surface area contributed by atoms with E-state index in [1.807, 2.05) is 7.05 Å². The number of hydrogen-bond donors (Lipinski definition) is 2. The van der Waals surface area contributed by atoms with Crippen molar-refractivity contribution in [3.05, 3.63) is 12.2 Å². The highest BCUT2D eigenvalue weighted by Crippen LogP contribution is 2.30. The van der Waals surface area contributed by atoms with Crippen molar-refractivity contribution in [1.29, 1.82) is 0 Å². The SMILES string of the molecule is CN=C(NCC1(N2CCCC2)CCOCC1)NC1CC=CC1.I. The molecule has 2 fully saturated rings. The molecule has 5 nitrogen and oxygen atoms in total. The molecule has 0 radical (unpaired) electrons. The predicted molar refractivity (Wildman–Crippen MR) is 106 cm³/mol. The van der Waals surface area contributed by atoms with Gasteiger partial charge in [-0.3, -0.25) is 9.89 Å². The maximum Gasteiger partial charge on any atom is 0.191 e. The van der Waals surface area contributed by atoms with Gasteiger partial charge >= 0.3 is 0 Å². The van der Waals surface area contributed by atoms with Gasteiger partial charge in [-0.15, -0.1) is 24.0 Å². The van der Waals surface area contributed by atoms with Crippen LogP contribution in [0, 0.1) is 0 Å². The number of likely N-dealkylation sites (tertiary alicyclic amines) is 1. The fourth-order valence-corrected chi connectivity index (χ4v) is 3.92. The van der Waals surface area contributed by atoms with Crippen molar-refractivity contribution in [2.75, 3.05) is 39.9 Å². The van der Waals surface area contributed by atoms with E-state index >= 15 is 0 Å². The summed E-state index contributed by atoms with van der Waals surface area (Å²) in [6.07, 6.45) is 11.6. The van der Waals surface area contributed by atoms with Crippen molar-refractivity contribution in [1.82, 2.24) is 15.5 Å². The molecule has 3 aliphatic rings. The lowest BCUT2D eigenvalue weighted by Gasteiger charge is -2.45. The van der Waals surface area contributed by atoms with Crippen molar-refractivity contribution in [2.45, 2.75) is 50.1 Å². The van der Waals surface area contributed by atoms with Gasteiger partial charge in [0, 0.05) is 38.4 Å². The van der Waals surface area contributed by atoms with E-state index in [0.717, 1.165) is 51.4 Å². The first-order valence-electron chi connectivity index (χ1n) is 8.77. The third-order valence-corrected chi connectivity index (χ3v) is 5.36. The van der Waals surface area contributed by atoms with E-state index in [1.54, 1.807) is 0 Å². The summed E-state index contributed by atoms with van der Waals surface area (Å²) in [5.74, 6) is 0.943. The lowest BCUT2D eigenvalue weighted by Crippen LogP contribution is -2.59. The Bertz CT molecular complexity index is 407. The molecule has 3 rings (SSSR count). The maximum absolute atomic E-state index is 5.62. The van der Waals surface area contributed by atoms with Gasteiger partial charge in [-0.05, 0) is 51.6 Å². The standard InChI is InChI=1S/C17H30N4O.HI/c1-18-16(20-15-6-2-3-7-15)19-14-17(8-12-22-13-9-17)21-10-4-5-11-21;/h2-3,15H,4-14H2,1H3,(H2,18,19,20);1H. The van der Waals surface area contributed by atoms with Gasteiger partial charge in [-0.25, -0.2) is 0 Å². The van der Waals surface area contributed by atoms with E-state index in [0.29, 0.717) is 6.04 Å². The quantitative estimate of drug-likeness (QED) is 0.308. The van der Waals surface area contributed by atoms with Crippen molar-refractivity contribution in [3.63, 3.8) is 0 Å². The summed E-state index contributed by atoms with van der Waals surface area (Å²) in [6.45, 7) is 5.21. The second kappa shape index (κ2) is 9.22. The van der Waals surface area contributed by atoms with Gasteiger partial charge in [0.2, 0.25) is 0 Å². The van der Waals surface area contributed by atoms with Gasteiger partial charge in [0.1, 0.15) is 0 Å². The lowest BCUT2D eigenvalue weighted by atomic mass is 9.88. The first-order valence-corrected chi connectivity index (χ1v) is 8.77. The van der Waals surface area contributed by atoms with Gasteiger partial charge in [0.15, 0.2) is 5.96 Å². The van der Waals surface area contributed by atoms with Crippen LogP contribution < -0.4 is 10.6 Å². The Labute approximate surface area is 157 Å². The van der Waals surface area contributed by atoms with E-state index in [2.05, 4.69) is 32.7 Å². The van der Waals surface area contributed by atoms with Gasteiger partial charge in [0.05, 0.1) is 0 Å². The van der Waals surface area contributed by atoms with Crippen LogP contribution in [0.1, 0.15) is 38.5 Å². The highest BCUT2D eigenvalue weighted by atomic mass is 127. The molecule has 0 saturated carbocycles. The summed E-state index contributed by atoms with van der Waals surface area (Å²) in [5.41, 5.74) is 0.250. The summed E-state index contributed by atoms with van der Waals surface area (Å²) >= 11 is 0. The topological polar surface area (TPSA) is 48.9 Å². The fourth-order valence-electron chi connectivity index (χ4n) is 3.92. The lowest BCUT2D eigenvalue weighted by molar-refractivity contribution is -0.0164. The van der Waals surface area contributed by atoms with Crippen LogP contribution >= 0.6 is 24.0 Å². The molecule has 0 aromatic rings. The average Bonchev–Trinajstić information content (AvgIpc) is 3.26. The van der Waals surface area contributed by atoms with E-state index in [4.69, 9.17) is 4.74 Å². The Morgan fingerprint density at radius 2 is 1.87 bits per heavy atom. The van der Waals surface area contributed by atoms with Crippen molar-refractivity contribution < 1.29 is 4.74 Å². The monoisotopic (exact) mass is 434 g/mol. The van der Waals surface area contributed by atoms with E-state index in [-0.39, 0.29) is 29.5 Å². The van der Waals surface area contributed by atoms with Gasteiger partial charge in [-0.2, -0.15) is 0 Å². The normalized spacial score (nSPS) is 25.3. The van der Waals surface area contributed by atoms with Crippen LogP contribution in [0.3, 0.4) is 0 Å². The molecule has 0 unspecified atom stereocenters. The molecule has 0 atom stereocenters. The summed E-state index contributed by atoms with van der Waals surface area (Å²) in [4.78, 5) is 7.10. The van der Waals surface area contributed by atoms with Crippen LogP contribution in [0.2, 0.25) is 0 Å². The summed E-state index contributed by atoms with van der Waals surface area (Å²) < 4.78 is 5.62. The largest absolute Gasteiger partial charge is 0.381 e. The van der Waals surface area contributed by atoms with Crippen molar-refractivity contribution in [2.24, 2.45) is 4.99 Å². The molecule has 1 aliphatic carbocycles. The number of hydrogen-bond acceptors (Lipinski definition) is 3. The van der Waals surface area contributed by atoms with E-state index in [9.17, 15) is 0 Å². The molecule has 0 aromatic heterocycles. The second-order valence-corrected chi connectivity index (χ2v) is 6.74. The molecular weight excluding hydrogens is 403 g/mol. The van der Waals surface area contributed by atoms with Crippen LogP contribution in [0.15, 0.2) is 17.1 Å². The van der Waals surface area contributed by atoms with Crippen LogP contribution in [0.5, 0.6) is 0 Å². The van der Waals surface area contributed by atoms with E-state index < -0.39 is 0 Å². The van der Waals surface area contributed by atoms with Gasteiger partial charge < -0.3 is 15.4 Å². The van der Waals surface area contributed by atoms with Crippen LogP contribution in [-0.2, 0) is 4.74 Å². The minimum absolute atomic E-state index is 0. The van der Waals surface area contributed by atoms with Crippen LogP contribution in [0.4, 0.5) is 0 Å². The molecule has 23 heavy (non-hydrogen) atoms. The summed E-state index contributed by atoms with van der Waals surface area (Å²) in [7, 11) is 1.87. The highest BCUT2D eigenvalue weighted by molar-refractivity contribution is 14.0. The number of guanidine groups is 1. The molecule has 0 spiro atoms. The molecule has 2 saturated heterocycles. The van der Waals surface area contributed by atoms with Gasteiger partial charge in [0.25, 0.3) is 0 Å². The molecule has 0 aromatic carbocycles. The fraction of sp³-hybridized carbons (Fsp3) is 0.824.